The maximum atomic E-state index is 7.62. The maximum Gasteiger partial charge on any atom is 0.183 e. The molecule has 0 aliphatic carbocycles. The fraction of sp³-hybridized carbons (Fsp3) is 0.417. The molecule has 0 aliphatic rings. The molecular formula is C12H18ClNO. The molecule has 1 N–H and O–H groups in total. The van der Waals surface area contributed by atoms with Crippen molar-refractivity contribution in [1.82, 2.24) is 0 Å². The maximum absolute atomic E-state index is 7.62. The predicted octanol–water partition coefficient (Wildman–Crippen LogP) is 3.30. The third-order valence-corrected chi connectivity index (χ3v) is 2.41. The summed E-state index contributed by atoms with van der Waals surface area (Å²) in [5.74, 6) is 0.596. The van der Waals surface area contributed by atoms with Gasteiger partial charge < -0.3 is 4.74 Å². The molecule has 84 valence electrons. The average molecular weight is 228 g/mol. The van der Waals surface area contributed by atoms with Crippen molar-refractivity contribution < 1.29 is 4.74 Å². The van der Waals surface area contributed by atoms with Gasteiger partial charge in [-0.3, -0.25) is 5.41 Å². The number of rotatable bonds is 4. The summed E-state index contributed by atoms with van der Waals surface area (Å²) in [7, 11) is 1.57. The van der Waals surface area contributed by atoms with Crippen molar-refractivity contribution in [2.75, 3.05) is 7.11 Å². The van der Waals surface area contributed by atoms with E-state index in [4.69, 9.17) is 10.1 Å². The Morgan fingerprint density at radius 2 is 1.93 bits per heavy atom. The number of benzene rings is 1. The van der Waals surface area contributed by atoms with Gasteiger partial charge in [-0.05, 0) is 18.4 Å². The summed E-state index contributed by atoms with van der Waals surface area (Å²) in [5, 5.41) is 7.62. The summed E-state index contributed by atoms with van der Waals surface area (Å²) in [6.45, 7) is 2.08. The van der Waals surface area contributed by atoms with Crippen molar-refractivity contribution in [3.8, 4) is 0 Å². The lowest BCUT2D eigenvalue weighted by atomic mass is 9.97. The highest BCUT2D eigenvalue weighted by molar-refractivity contribution is 5.85. The van der Waals surface area contributed by atoms with Gasteiger partial charge in [0.25, 0.3) is 0 Å². The molecular weight excluding hydrogens is 210 g/mol. The first-order chi connectivity index (χ1) is 6.77. The Morgan fingerprint density at radius 1 is 1.33 bits per heavy atom. The molecule has 0 aliphatic heterocycles. The zero-order chi connectivity index (χ0) is 10.4. The van der Waals surface area contributed by atoms with Crippen LogP contribution < -0.4 is 0 Å². The van der Waals surface area contributed by atoms with Crippen LogP contribution in [0.5, 0.6) is 0 Å². The summed E-state index contributed by atoms with van der Waals surface area (Å²) >= 11 is 0. The first-order valence-corrected chi connectivity index (χ1v) is 4.94. The van der Waals surface area contributed by atoms with Crippen molar-refractivity contribution in [2.24, 2.45) is 5.92 Å². The molecule has 0 radical (unpaired) electrons. The molecule has 1 aromatic rings. The number of ether oxygens (including phenoxy) is 1. The Kier molecular flexibility index (Phi) is 6.80. The Labute approximate surface area is 97.6 Å². The van der Waals surface area contributed by atoms with Crippen LogP contribution in [-0.4, -0.2) is 13.0 Å². The Hall–Kier alpha value is -1.02. The Morgan fingerprint density at radius 3 is 2.40 bits per heavy atom. The van der Waals surface area contributed by atoms with Crippen LogP contribution in [0.1, 0.15) is 18.9 Å². The Balaban J connectivity index is 0.00000196. The van der Waals surface area contributed by atoms with Gasteiger partial charge in [0.1, 0.15) is 0 Å². The molecule has 0 saturated heterocycles. The van der Waals surface area contributed by atoms with Crippen LogP contribution in [0.3, 0.4) is 0 Å². The van der Waals surface area contributed by atoms with Crippen LogP contribution in [0.2, 0.25) is 0 Å². The van der Waals surface area contributed by atoms with Gasteiger partial charge in [0, 0.05) is 5.92 Å². The van der Waals surface area contributed by atoms with Gasteiger partial charge in [-0.15, -0.1) is 12.4 Å². The van der Waals surface area contributed by atoms with E-state index >= 15 is 0 Å². The molecule has 15 heavy (non-hydrogen) atoms. The molecule has 0 bridgehead atoms. The van der Waals surface area contributed by atoms with Crippen molar-refractivity contribution >= 4 is 18.3 Å². The average Bonchev–Trinajstić information content (AvgIpc) is 2.26. The second-order valence-electron chi connectivity index (χ2n) is 3.36. The van der Waals surface area contributed by atoms with Gasteiger partial charge in [-0.1, -0.05) is 37.3 Å². The van der Waals surface area contributed by atoms with E-state index in [1.54, 1.807) is 7.11 Å². The lowest BCUT2D eigenvalue weighted by Crippen LogP contribution is -2.17. The standard InChI is InChI=1S/C12H17NO.ClH/c1-3-11(12(13)14-2)9-10-7-5-4-6-8-10;/h4-8,11,13H,3,9H2,1-2H3;1H/t11-;/m1./s1. The molecule has 0 unspecified atom stereocenters. The van der Waals surface area contributed by atoms with Crippen molar-refractivity contribution in [3.05, 3.63) is 35.9 Å². The third kappa shape index (κ3) is 4.34. The highest BCUT2D eigenvalue weighted by atomic mass is 35.5. The van der Waals surface area contributed by atoms with Gasteiger partial charge in [0.2, 0.25) is 0 Å². The lowest BCUT2D eigenvalue weighted by molar-refractivity contribution is 0.356. The molecule has 3 heteroatoms. The highest BCUT2D eigenvalue weighted by Gasteiger charge is 2.13. The van der Waals surface area contributed by atoms with E-state index in [1.807, 2.05) is 18.2 Å². The molecule has 1 rings (SSSR count). The minimum absolute atomic E-state index is 0. The van der Waals surface area contributed by atoms with E-state index in [1.165, 1.54) is 5.56 Å². The van der Waals surface area contributed by atoms with Gasteiger partial charge in [-0.25, -0.2) is 0 Å². The van der Waals surface area contributed by atoms with Crippen molar-refractivity contribution in [1.29, 1.82) is 5.41 Å². The van der Waals surface area contributed by atoms with Crippen LogP contribution in [-0.2, 0) is 11.2 Å². The number of nitrogens with one attached hydrogen (secondary N) is 1. The summed E-state index contributed by atoms with van der Waals surface area (Å²) < 4.78 is 4.96. The smallest absolute Gasteiger partial charge is 0.183 e. The SMILES string of the molecule is CC[C@H](Cc1ccccc1)C(=N)OC.Cl. The van der Waals surface area contributed by atoms with Crippen LogP contribution in [0, 0.1) is 11.3 Å². The monoisotopic (exact) mass is 227 g/mol. The van der Waals surface area contributed by atoms with Crippen LogP contribution >= 0.6 is 12.4 Å². The fourth-order valence-electron chi connectivity index (χ4n) is 1.49. The van der Waals surface area contributed by atoms with Gasteiger partial charge in [0.05, 0.1) is 7.11 Å². The number of hydrogen-bond acceptors (Lipinski definition) is 2. The normalized spacial score (nSPS) is 11.3. The van der Waals surface area contributed by atoms with E-state index in [9.17, 15) is 0 Å². The van der Waals surface area contributed by atoms with Crippen LogP contribution in [0.25, 0.3) is 0 Å². The molecule has 0 spiro atoms. The zero-order valence-corrected chi connectivity index (χ0v) is 10.0. The molecule has 0 fully saturated rings. The van der Waals surface area contributed by atoms with Gasteiger partial charge in [-0.2, -0.15) is 0 Å². The van der Waals surface area contributed by atoms with E-state index in [-0.39, 0.29) is 18.3 Å². The first-order valence-electron chi connectivity index (χ1n) is 4.94. The van der Waals surface area contributed by atoms with E-state index in [0.29, 0.717) is 5.90 Å². The minimum atomic E-state index is 0. The lowest BCUT2D eigenvalue weighted by Gasteiger charge is -2.14. The quantitative estimate of drug-likeness (QED) is 0.622. The molecule has 0 saturated carbocycles. The van der Waals surface area contributed by atoms with E-state index in [2.05, 4.69) is 19.1 Å². The van der Waals surface area contributed by atoms with Crippen LogP contribution in [0.4, 0.5) is 0 Å². The highest BCUT2D eigenvalue weighted by Crippen LogP contribution is 2.13. The minimum Gasteiger partial charge on any atom is -0.484 e. The number of halogens is 1. The molecule has 0 heterocycles. The summed E-state index contributed by atoms with van der Waals surface area (Å²) in [6.07, 6.45) is 1.84. The van der Waals surface area contributed by atoms with Gasteiger partial charge in [0.15, 0.2) is 5.90 Å². The van der Waals surface area contributed by atoms with Crippen molar-refractivity contribution in [2.45, 2.75) is 19.8 Å². The van der Waals surface area contributed by atoms with Crippen LogP contribution in [0.15, 0.2) is 30.3 Å². The molecule has 1 aromatic carbocycles. The first kappa shape index (κ1) is 14.0. The Bertz CT molecular complexity index is 287. The zero-order valence-electron chi connectivity index (χ0n) is 9.19. The van der Waals surface area contributed by atoms with E-state index < -0.39 is 0 Å². The van der Waals surface area contributed by atoms with Crippen molar-refractivity contribution in [3.63, 3.8) is 0 Å². The second kappa shape index (κ2) is 7.30. The molecule has 2 nitrogen and oxygen atoms in total. The summed E-state index contributed by atoms with van der Waals surface area (Å²) in [6, 6.07) is 10.2. The number of methoxy groups -OCH3 is 1. The molecule has 0 amide bonds. The molecule has 0 aromatic heterocycles. The second-order valence-corrected chi connectivity index (χ2v) is 3.36. The fourth-order valence-corrected chi connectivity index (χ4v) is 1.49. The topological polar surface area (TPSA) is 33.1 Å². The molecule has 1 atom stereocenters. The number of hydrogen-bond donors (Lipinski definition) is 1. The van der Waals surface area contributed by atoms with Gasteiger partial charge >= 0.3 is 0 Å². The summed E-state index contributed by atoms with van der Waals surface area (Å²) in [4.78, 5) is 0. The predicted molar refractivity (Wildman–Crippen MR) is 65.9 cm³/mol. The third-order valence-electron chi connectivity index (χ3n) is 2.41. The summed E-state index contributed by atoms with van der Waals surface area (Å²) in [5.41, 5.74) is 1.26. The largest absolute Gasteiger partial charge is 0.484 e. The van der Waals surface area contributed by atoms with E-state index in [0.717, 1.165) is 12.8 Å².